The van der Waals surface area contributed by atoms with E-state index in [4.69, 9.17) is 5.73 Å². The van der Waals surface area contributed by atoms with Crippen LogP contribution in [0.1, 0.15) is 17.9 Å². The van der Waals surface area contributed by atoms with E-state index in [0.717, 1.165) is 18.1 Å². The van der Waals surface area contributed by atoms with Crippen molar-refractivity contribution in [2.75, 3.05) is 13.1 Å². The first-order valence-corrected chi connectivity index (χ1v) is 5.45. The number of hydrogen-bond donors (Lipinski definition) is 1. The van der Waals surface area contributed by atoms with Crippen LogP contribution in [0.25, 0.3) is 0 Å². The molecule has 2 heterocycles. The number of carbonyl (C=O) groups excluding carboxylic acids is 1. The van der Waals surface area contributed by atoms with Crippen LogP contribution in [0.3, 0.4) is 0 Å². The maximum atomic E-state index is 11.7. The molecule has 0 aromatic carbocycles. The Morgan fingerprint density at radius 2 is 2.44 bits per heavy atom. The van der Waals surface area contributed by atoms with Crippen LogP contribution in [0, 0.1) is 12.8 Å². The van der Waals surface area contributed by atoms with Gasteiger partial charge in [0.25, 0.3) is 0 Å². The van der Waals surface area contributed by atoms with Gasteiger partial charge >= 0.3 is 0 Å². The molecule has 1 saturated heterocycles. The Balaban J connectivity index is 2.03. The fourth-order valence-electron chi connectivity index (χ4n) is 1.95. The lowest BCUT2D eigenvalue weighted by molar-refractivity contribution is -0.128. The predicted octanol–water partition coefficient (Wildman–Crippen LogP) is 0.0922. The summed E-state index contributed by atoms with van der Waals surface area (Å²) in [5, 5.41) is 0. The molecule has 2 rings (SSSR count). The smallest absolute Gasteiger partial charge is 0.223 e. The molecular formula is C11H16N4O. The van der Waals surface area contributed by atoms with E-state index < -0.39 is 0 Å². The van der Waals surface area contributed by atoms with Crippen LogP contribution >= 0.6 is 0 Å². The molecule has 5 heteroatoms. The third-order valence-corrected chi connectivity index (χ3v) is 2.81. The van der Waals surface area contributed by atoms with Crippen LogP contribution in [-0.4, -0.2) is 33.9 Å². The molecule has 0 spiro atoms. The number of rotatable bonds is 3. The van der Waals surface area contributed by atoms with Crippen LogP contribution in [0.5, 0.6) is 0 Å². The van der Waals surface area contributed by atoms with Crippen molar-refractivity contribution in [3.63, 3.8) is 0 Å². The van der Waals surface area contributed by atoms with Crippen molar-refractivity contribution in [3.8, 4) is 0 Å². The molecule has 1 aromatic heterocycles. The fraction of sp³-hybridized carbons (Fsp3) is 0.545. The van der Waals surface area contributed by atoms with Gasteiger partial charge in [-0.25, -0.2) is 9.97 Å². The zero-order chi connectivity index (χ0) is 11.5. The van der Waals surface area contributed by atoms with Crippen LogP contribution < -0.4 is 5.73 Å². The highest BCUT2D eigenvalue weighted by Crippen LogP contribution is 2.18. The minimum Gasteiger partial charge on any atom is -0.336 e. The third-order valence-electron chi connectivity index (χ3n) is 2.81. The van der Waals surface area contributed by atoms with Gasteiger partial charge in [-0.2, -0.15) is 0 Å². The number of nitrogens with two attached hydrogens (primary N) is 1. The Hall–Kier alpha value is -1.49. The molecule has 1 fully saturated rings. The summed E-state index contributed by atoms with van der Waals surface area (Å²) in [5.41, 5.74) is 6.46. The van der Waals surface area contributed by atoms with Gasteiger partial charge in [-0.1, -0.05) is 0 Å². The topological polar surface area (TPSA) is 72.1 Å². The highest BCUT2D eigenvalue weighted by atomic mass is 16.2. The fourth-order valence-corrected chi connectivity index (χ4v) is 1.95. The lowest BCUT2D eigenvalue weighted by atomic mass is 10.1. The Labute approximate surface area is 94.7 Å². The van der Waals surface area contributed by atoms with E-state index in [1.54, 1.807) is 6.20 Å². The molecule has 0 aliphatic carbocycles. The molecule has 1 aliphatic heterocycles. The summed E-state index contributed by atoms with van der Waals surface area (Å²) in [6.07, 6.45) is 2.29. The summed E-state index contributed by atoms with van der Waals surface area (Å²) in [6.45, 7) is 3.74. The summed E-state index contributed by atoms with van der Waals surface area (Å²) >= 11 is 0. The lowest BCUT2D eigenvalue weighted by Crippen LogP contribution is -2.26. The maximum Gasteiger partial charge on any atom is 0.223 e. The van der Waals surface area contributed by atoms with Crippen molar-refractivity contribution in [1.29, 1.82) is 0 Å². The Kier molecular flexibility index (Phi) is 3.14. The summed E-state index contributed by atoms with van der Waals surface area (Å²) < 4.78 is 0. The van der Waals surface area contributed by atoms with Gasteiger partial charge in [0.1, 0.15) is 5.82 Å². The second kappa shape index (κ2) is 4.57. The Morgan fingerprint density at radius 1 is 1.62 bits per heavy atom. The summed E-state index contributed by atoms with van der Waals surface area (Å²) in [5.74, 6) is 1.21. The number of carbonyl (C=O) groups is 1. The number of amides is 1. The predicted molar refractivity (Wildman–Crippen MR) is 59.3 cm³/mol. The number of nitrogens with zero attached hydrogens (tertiary/aromatic N) is 3. The minimum atomic E-state index is 0.173. The van der Waals surface area contributed by atoms with Gasteiger partial charge in [0.05, 0.1) is 12.2 Å². The van der Waals surface area contributed by atoms with Crippen molar-refractivity contribution in [1.82, 2.24) is 14.9 Å². The largest absolute Gasteiger partial charge is 0.336 e. The molecule has 2 N–H and O–H groups in total. The van der Waals surface area contributed by atoms with E-state index in [-0.39, 0.29) is 5.91 Å². The van der Waals surface area contributed by atoms with Crippen molar-refractivity contribution in [2.24, 2.45) is 11.7 Å². The summed E-state index contributed by atoms with van der Waals surface area (Å²) in [6, 6.07) is 1.84. The van der Waals surface area contributed by atoms with E-state index in [2.05, 4.69) is 9.97 Å². The monoisotopic (exact) mass is 220 g/mol. The quantitative estimate of drug-likeness (QED) is 0.783. The Bertz CT molecular complexity index is 393. The number of likely N-dealkylation sites (tertiary alicyclic amines) is 1. The van der Waals surface area contributed by atoms with Crippen LogP contribution in [0.15, 0.2) is 12.3 Å². The molecule has 1 amide bonds. The summed E-state index contributed by atoms with van der Waals surface area (Å²) in [4.78, 5) is 21.8. The molecule has 1 aromatic rings. The van der Waals surface area contributed by atoms with E-state index in [1.165, 1.54) is 0 Å². The zero-order valence-corrected chi connectivity index (χ0v) is 9.39. The van der Waals surface area contributed by atoms with E-state index >= 15 is 0 Å². The zero-order valence-electron chi connectivity index (χ0n) is 9.39. The van der Waals surface area contributed by atoms with Gasteiger partial charge < -0.3 is 10.6 Å². The van der Waals surface area contributed by atoms with Crippen molar-refractivity contribution in [3.05, 3.63) is 23.8 Å². The molecule has 0 saturated carbocycles. The van der Waals surface area contributed by atoms with E-state index in [0.29, 0.717) is 25.4 Å². The molecule has 1 unspecified atom stereocenters. The molecule has 86 valence electrons. The van der Waals surface area contributed by atoms with Crippen LogP contribution in [-0.2, 0) is 11.3 Å². The molecule has 1 aliphatic rings. The third kappa shape index (κ3) is 2.36. The number of aromatic nitrogens is 2. The van der Waals surface area contributed by atoms with Gasteiger partial charge in [-0.3, -0.25) is 4.79 Å². The van der Waals surface area contributed by atoms with Crippen LogP contribution in [0.4, 0.5) is 0 Å². The molecule has 0 radical (unpaired) electrons. The minimum absolute atomic E-state index is 0.173. The maximum absolute atomic E-state index is 11.7. The highest BCUT2D eigenvalue weighted by molar-refractivity contribution is 5.78. The van der Waals surface area contributed by atoms with E-state index in [1.807, 2.05) is 17.9 Å². The lowest BCUT2D eigenvalue weighted by Gasteiger charge is -2.15. The summed E-state index contributed by atoms with van der Waals surface area (Å²) in [7, 11) is 0. The molecule has 16 heavy (non-hydrogen) atoms. The molecule has 5 nitrogen and oxygen atoms in total. The van der Waals surface area contributed by atoms with Gasteiger partial charge in [-0.05, 0) is 25.5 Å². The van der Waals surface area contributed by atoms with E-state index in [9.17, 15) is 4.79 Å². The number of aryl methyl sites for hydroxylation is 1. The second-order valence-corrected chi connectivity index (χ2v) is 4.18. The Morgan fingerprint density at radius 3 is 3.06 bits per heavy atom. The molecular weight excluding hydrogens is 204 g/mol. The SMILES string of the molecule is Cc1nccc(CN2CC(CN)CC2=O)n1. The van der Waals surface area contributed by atoms with Crippen molar-refractivity contribution in [2.45, 2.75) is 19.9 Å². The van der Waals surface area contributed by atoms with Gasteiger partial charge in [0, 0.05) is 19.2 Å². The first-order valence-electron chi connectivity index (χ1n) is 5.45. The van der Waals surface area contributed by atoms with Crippen molar-refractivity contribution < 1.29 is 4.79 Å². The second-order valence-electron chi connectivity index (χ2n) is 4.18. The van der Waals surface area contributed by atoms with Gasteiger partial charge in [0.15, 0.2) is 0 Å². The van der Waals surface area contributed by atoms with Gasteiger partial charge in [-0.15, -0.1) is 0 Å². The molecule has 1 atom stereocenters. The first-order chi connectivity index (χ1) is 7.69. The van der Waals surface area contributed by atoms with Gasteiger partial charge in [0.2, 0.25) is 5.91 Å². The van der Waals surface area contributed by atoms with Crippen molar-refractivity contribution >= 4 is 5.91 Å². The standard InChI is InChI=1S/C11H16N4O/c1-8-13-3-2-10(14-8)7-15-6-9(5-12)4-11(15)16/h2-3,9H,4-7,12H2,1H3. The first kappa shape index (κ1) is 11.0. The highest BCUT2D eigenvalue weighted by Gasteiger charge is 2.28. The normalized spacial score (nSPS) is 20.5. The van der Waals surface area contributed by atoms with Crippen LogP contribution in [0.2, 0.25) is 0 Å². The number of hydrogen-bond acceptors (Lipinski definition) is 4. The molecule has 0 bridgehead atoms. The average Bonchev–Trinajstić information content (AvgIpc) is 2.60. The average molecular weight is 220 g/mol.